The van der Waals surface area contributed by atoms with Gasteiger partial charge in [0, 0.05) is 55.3 Å². The summed E-state index contributed by atoms with van der Waals surface area (Å²) in [5.74, 6) is -2.33. The fraction of sp³-hybridized carbons (Fsp3) is 0.185. The van der Waals surface area contributed by atoms with E-state index in [1.165, 1.54) is 31.4 Å². The minimum atomic E-state index is -3.74. The van der Waals surface area contributed by atoms with E-state index in [9.17, 15) is 26.4 Å². The number of hydrogen-bond donors (Lipinski definition) is 0. The summed E-state index contributed by atoms with van der Waals surface area (Å²) in [7, 11) is -2.35. The second-order valence-electron chi connectivity index (χ2n) is 9.21. The molecule has 6 nitrogen and oxygen atoms in total. The van der Waals surface area contributed by atoms with Crippen molar-refractivity contribution in [1.29, 1.82) is 0 Å². The van der Waals surface area contributed by atoms with Crippen LogP contribution in [0.5, 0.6) is 0 Å². The zero-order chi connectivity index (χ0) is 27.4. The number of amides is 1. The molecular weight excluding hydrogens is 539 g/mol. The van der Waals surface area contributed by atoms with Crippen molar-refractivity contribution in [1.82, 2.24) is 9.88 Å². The van der Waals surface area contributed by atoms with E-state index in [0.717, 1.165) is 16.1 Å². The highest BCUT2D eigenvalue weighted by Gasteiger charge is 2.34. The van der Waals surface area contributed by atoms with Crippen LogP contribution in [0.3, 0.4) is 0 Å². The lowest BCUT2D eigenvalue weighted by molar-refractivity contribution is 0.0767. The Morgan fingerprint density at radius 1 is 1.03 bits per heavy atom. The first-order chi connectivity index (χ1) is 17.9. The van der Waals surface area contributed by atoms with E-state index in [-0.39, 0.29) is 36.0 Å². The molecule has 0 atom stereocenters. The lowest BCUT2D eigenvalue weighted by Crippen LogP contribution is -2.26. The van der Waals surface area contributed by atoms with Crippen LogP contribution >= 0.6 is 11.6 Å². The summed E-state index contributed by atoms with van der Waals surface area (Å²) in [5.41, 5.74) is 2.91. The number of carbonyl (C=O) groups excluding carboxylic acids is 1. The first-order valence-corrected chi connectivity index (χ1v) is 13.7. The zero-order valence-corrected chi connectivity index (χ0v) is 21.9. The van der Waals surface area contributed by atoms with E-state index in [4.69, 9.17) is 11.6 Å². The molecule has 38 heavy (non-hydrogen) atoms. The summed E-state index contributed by atoms with van der Waals surface area (Å²) in [6.45, 7) is 0.332. The van der Waals surface area contributed by atoms with Gasteiger partial charge in [-0.3, -0.25) is 14.1 Å². The number of anilines is 1. The molecule has 0 saturated heterocycles. The third kappa shape index (κ3) is 4.81. The number of aromatic nitrogens is 1. The Labute approximate surface area is 222 Å². The largest absolute Gasteiger partial charge is 0.330 e. The Kier molecular flexibility index (Phi) is 6.56. The van der Waals surface area contributed by atoms with E-state index in [1.807, 2.05) is 0 Å². The third-order valence-electron chi connectivity index (χ3n) is 6.57. The molecule has 0 unspecified atom stereocenters. The van der Waals surface area contributed by atoms with Crippen molar-refractivity contribution in [3.05, 3.63) is 105 Å². The van der Waals surface area contributed by atoms with Gasteiger partial charge in [-0.1, -0.05) is 23.7 Å². The third-order valence-corrected chi connectivity index (χ3v) is 8.04. The van der Waals surface area contributed by atoms with Gasteiger partial charge in [0.05, 0.1) is 22.5 Å². The van der Waals surface area contributed by atoms with E-state index < -0.39 is 27.5 Å². The highest BCUT2D eigenvalue weighted by atomic mass is 35.5. The summed E-state index contributed by atoms with van der Waals surface area (Å²) in [6.07, 6.45) is 2.58. The standard InChI is InChI=1S/C27H21ClF3N3O3S/c1-33(38(2,36)37)26-20-8-16(7-17-9-22(28)24(31)11-23(17)30)12-32-25(20)10-19-21(26)14-34(27(19)35)13-15-3-5-18(29)6-4-15/h3-6,8-12H,7,13-14H2,1-2H3. The second-order valence-corrected chi connectivity index (χ2v) is 11.6. The first-order valence-electron chi connectivity index (χ1n) is 11.5. The molecule has 0 saturated carbocycles. The van der Waals surface area contributed by atoms with Crippen LogP contribution in [0.25, 0.3) is 10.9 Å². The Balaban J connectivity index is 1.61. The predicted molar refractivity (Wildman–Crippen MR) is 139 cm³/mol. The average Bonchev–Trinajstić information content (AvgIpc) is 3.16. The molecule has 11 heteroatoms. The maximum atomic E-state index is 14.4. The number of rotatable bonds is 6. The normalized spacial score (nSPS) is 13.3. The maximum absolute atomic E-state index is 14.4. The number of carbonyl (C=O) groups is 1. The van der Waals surface area contributed by atoms with E-state index >= 15 is 0 Å². The van der Waals surface area contributed by atoms with Crippen LogP contribution in [0.1, 0.15) is 32.6 Å². The topological polar surface area (TPSA) is 70.6 Å². The molecule has 196 valence electrons. The minimum absolute atomic E-state index is 0.0313. The van der Waals surface area contributed by atoms with Crippen LogP contribution in [0, 0.1) is 17.5 Å². The summed E-state index contributed by atoms with van der Waals surface area (Å²) >= 11 is 5.84. The number of sulfonamides is 1. The van der Waals surface area contributed by atoms with Crippen LogP contribution in [0.4, 0.5) is 18.9 Å². The van der Waals surface area contributed by atoms with E-state index in [0.29, 0.717) is 39.3 Å². The highest BCUT2D eigenvalue weighted by Crippen LogP contribution is 2.39. The van der Waals surface area contributed by atoms with Crippen LogP contribution in [-0.2, 0) is 29.5 Å². The summed E-state index contributed by atoms with van der Waals surface area (Å²) < 4.78 is 67.7. The lowest BCUT2D eigenvalue weighted by Gasteiger charge is -2.22. The summed E-state index contributed by atoms with van der Waals surface area (Å²) in [4.78, 5) is 19.3. The summed E-state index contributed by atoms with van der Waals surface area (Å²) in [5, 5.41) is 0.240. The van der Waals surface area contributed by atoms with Crippen molar-refractivity contribution in [2.24, 2.45) is 0 Å². The van der Waals surface area contributed by atoms with Crippen LogP contribution in [-0.4, -0.2) is 37.5 Å². The molecule has 3 aromatic carbocycles. The van der Waals surface area contributed by atoms with Crippen molar-refractivity contribution in [2.45, 2.75) is 19.5 Å². The van der Waals surface area contributed by atoms with Crippen LogP contribution in [0.15, 0.2) is 54.7 Å². The monoisotopic (exact) mass is 559 g/mol. The van der Waals surface area contributed by atoms with E-state index in [1.54, 1.807) is 29.2 Å². The van der Waals surface area contributed by atoms with Gasteiger partial charge in [-0.2, -0.15) is 0 Å². The predicted octanol–water partition coefficient (Wildman–Crippen LogP) is 5.45. The van der Waals surface area contributed by atoms with Gasteiger partial charge in [-0.25, -0.2) is 21.6 Å². The molecule has 0 aliphatic carbocycles. The smallest absolute Gasteiger partial charge is 0.254 e. The molecule has 0 bridgehead atoms. The molecule has 1 amide bonds. The van der Waals surface area contributed by atoms with Gasteiger partial charge in [0.2, 0.25) is 10.0 Å². The van der Waals surface area contributed by atoms with Gasteiger partial charge in [-0.15, -0.1) is 0 Å². The first kappa shape index (κ1) is 26.0. The number of halogens is 4. The molecule has 1 aromatic heterocycles. The number of nitrogens with zero attached hydrogens (tertiary/aromatic N) is 3. The average molecular weight is 560 g/mol. The number of fused-ring (bicyclic) bond motifs is 2. The quantitative estimate of drug-likeness (QED) is 0.295. The lowest BCUT2D eigenvalue weighted by atomic mass is 9.99. The maximum Gasteiger partial charge on any atom is 0.254 e. The summed E-state index contributed by atoms with van der Waals surface area (Å²) in [6, 6.07) is 11.0. The fourth-order valence-electron chi connectivity index (χ4n) is 4.60. The van der Waals surface area contributed by atoms with Gasteiger partial charge in [0.1, 0.15) is 17.5 Å². The molecular formula is C27H21ClF3N3O3S. The molecule has 1 aliphatic heterocycles. The second kappa shape index (κ2) is 9.59. The van der Waals surface area contributed by atoms with E-state index in [2.05, 4.69) is 4.98 Å². The van der Waals surface area contributed by atoms with Gasteiger partial charge in [0.15, 0.2) is 0 Å². The molecule has 2 heterocycles. The molecule has 0 spiro atoms. The van der Waals surface area contributed by atoms with Crippen molar-refractivity contribution in [2.75, 3.05) is 17.6 Å². The molecule has 1 aliphatic rings. The van der Waals surface area contributed by atoms with Crippen LogP contribution < -0.4 is 4.31 Å². The Morgan fingerprint density at radius 3 is 2.42 bits per heavy atom. The fourth-order valence-corrected chi connectivity index (χ4v) is 5.33. The van der Waals surface area contributed by atoms with Gasteiger partial charge < -0.3 is 4.90 Å². The molecule has 5 rings (SSSR count). The molecule has 4 aromatic rings. The minimum Gasteiger partial charge on any atom is -0.330 e. The Hall–Kier alpha value is -3.63. The number of pyridine rings is 1. The number of benzene rings is 3. The molecule has 0 fully saturated rings. The van der Waals surface area contributed by atoms with Crippen molar-refractivity contribution >= 4 is 44.1 Å². The molecule has 0 N–H and O–H groups in total. The SMILES string of the molecule is CN(c1c2c(cc3ncc(Cc4cc(Cl)c(F)cc4F)cc13)C(=O)N(Cc1ccc(F)cc1)C2)S(C)(=O)=O. The molecule has 0 radical (unpaired) electrons. The Bertz CT molecular complexity index is 1710. The van der Waals surface area contributed by atoms with Gasteiger partial charge in [0.25, 0.3) is 5.91 Å². The van der Waals surface area contributed by atoms with Gasteiger partial charge in [-0.05, 0) is 47.0 Å². The number of hydrogen-bond acceptors (Lipinski definition) is 4. The van der Waals surface area contributed by atoms with Crippen molar-refractivity contribution in [3.8, 4) is 0 Å². The van der Waals surface area contributed by atoms with Gasteiger partial charge >= 0.3 is 0 Å². The van der Waals surface area contributed by atoms with Crippen molar-refractivity contribution in [3.63, 3.8) is 0 Å². The Morgan fingerprint density at radius 2 is 1.74 bits per heavy atom. The zero-order valence-electron chi connectivity index (χ0n) is 20.3. The highest BCUT2D eigenvalue weighted by molar-refractivity contribution is 7.92. The van der Waals surface area contributed by atoms with Crippen molar-refractivity contribution < 1.29 is 26.4 Å². The van der Waals surface area contributed by atoms with Crippen LogP contribution in [0.2, 0.25) is 5.02 Å².